The van der Waals surface area contributed by atoms with E-state index in [1.54, 1.807) is 0 Å². The van der Waals surface area contributed by atoms with Crippen LogP contribution in [0.3, 0.4) is 0 Å². The number of hydrogen-bond acceptors (Lipinski definition) is 2. The number of rotatable bonds is 2. The standard InChI is InChI=1S/C7H3Cl2F2NO/c8-4-1-3(2-13)5(9)6(12-4)7(10)11/h1-2,7H. The first-order valence-corrected chi connectivity index (χ1v) is 3.91. The molecule has 2 nitrogen and oxygen atoms in total. The highest BCUT2D eigenvalue weighted by atomic mass is 35.5. The molecule has 70 valence electrons. The number of pyridine rings is 1. The fourth-order valence-corrected chi connectivity index (χ4v) is 1.20. The average Bonchev–Trinajstić information content (AvgIpc) is 2.08. The average molecular weight is 226 g/mol. The summed E-state index contributed by atoms with van der Waals surface area (Å²) in [6, 6.07) is 1.13. The molecule has 6 heteroatoms. The minimum absolute atomic E-state index is 0.0861. The van der Waals surface area contributed by atoms with Gasteiger partial charge in [0.2, 0.25) is 0 Å². The van der Waals surface area contributed by atoms with Gasteiger partial charge in [-0.2, -0.15) is 0 Å². The molecule has 0 amide bonds. The molecule has 0 fully saturated rings. The minimum atomic E-state index is -2.84. The molecule has 13 heavy (non-hydrogen) atoms. The molecule has 0 aromatic carbocycles. The summed E-state index contributed by atoms with van der Waals surface area (Å²) in [6.45, 7) is 0. The van der Waals surface area contributed by atoms with Gasteiger partial charge >= 0.3 is 0 Å². The topological polar surface area (TPSA) is 30.0 Å². The number of nitrogens with zero attached hydrogens (tertiary/aromatic N) is 1. The van der Waals surface area contributed by atoms with Crippen LogP contribution in [-0.2, 0) is 0 Å². The predicted octanol–water partition coefficient (Wildman–Crippen LogP) is 3.14. The summed E-state index contributed by atoms with van der Waals surface area (Å²) in [7, 11) is 0. The van der Waals surface area contributed by atoms with Crippen LogP contribution < -0.4 is 0 Å². The number of aldehydes is 1. The Kier molecular flexibility index (Phi) is 3.17. The van der Waals surface area contributed by atoms with Crippen molar-refractivity contribution in [2.75, 3.05) is 0 Å². The molecule has 0 aliphatic carbocycles. The SMILES string of the molecule is O=Cc1cc(Cl)nc(C(F)F)c1Cl. The van der Waals surface area contributed by atoms with Gasteiger partial charge in [-0.25, -0.2) is 13.8 Å². The molecular weight excluding hydrogens is 223 g/mol. The van der Waals surface area contributed by atoms with E-state index >= 15 is 0 Å². The van der Waals surface area contributed by atoms with E-state index in [0.29, 0.717) is 6.29 Å². The zero-order valence-electron chi connectivity index (χ0n) is 6.10. The summed E-state index contributed by atoms with van der Waals surface area (Å²) >= 11 is 10.8. The van der Waals surface area contributed by atoms with Crippen LogP contribution in [0.2, 0.25) is 10.2 Å². The van der Waals surface area contributed by atoms with Gasteiger partial charge in [0, 0.05) is 5.56 Å². The van der Waals surface area contributed by atoms with Crippen molar-refractivity contribution < 1.29 is 13.6 Å². The van der Waals surface area contributed by atoms with Crippen molar-refractivity contribution in [2.45, 2.75) is 6.43 Å². The van der Waals surface area contributed by atoms with Crippen molar-refractivity contribution in [3.63, 3.8) is 0 Å². The Bertz CT molecular complexity index is 344. The number of halogens is 4. The van der Waals surface area contributed by atoms with E-state index in [-0.39, 0.29) is 15.7 Å². The summed E-state index contributed by atoms with van der Waals surface area (Å²) < 4.78 is 24.4. The fourth-order valence-electron chi connectivity index (χ4n) is 0.766. The van der Waals surface area contributed by atoms with Crippen LogP contribution in [0.5, 0.6) is 0 Å². The molecule has 1 aromatic heterocycles. The lowest BCUT2D eigenvalue weighted by Gasteiger charge is -2.04. The first kappa shape index (κ1) is 10.3. The number of alkyl halides is 2. The van der Waals surface area contributed by atoms with Gasteiger partial charge in [0.1, 0.15) is 10.8 Å². The van der Waals surface area contributed by atoms with Crippen LogP contribution in [0.4, 0.5) is 8.78 Å². The van der Waals surface area contributed by atoms with Gasteiger partial charge in [-0.05, 0) is 6.07 Å². The van der Waals surface area contributed by atoms with Crippen LogP contribution in [0.1, 0.15) is 22.5 Å². The Labute approximate surface area is 82.5 Å². The molecule has 1 rings (SSSR count). The third-order valence-corrected chi connectivity index (χ3v) is 1.92. The summed E-state index contributed by atoms with van der Waals surface area (Å²) in [6.07, 6.45) is -2.49. The monoisotopic (exact) mass is 225 g/mol. The molecule has 0 N–H and O–H groups in total. The maximum absolute atomic E-state index is 12.2. The lowest BCUT2D eigenvalue weighted by Crippen LogP contribution is -1.96. The normalized spacial score (nSPS) is 10.5. The highest BCUT2D eigenvalue weighted by Gasteiger charge is 2.17. The van der Waals surface area contributed by atoms with E-state index in [1.807, 2.05) is 0 Å². The fraction of sp³-hybridized carbons (Fsp3) is 0.143. The van der Waals surface area contributed by atoms with E-state index in [2.05, 4.69) is 4.98 Å². The van der Waals surface area contributed by atoms with E-state index in [0.717, 1.165) is 6.07 Å². The largest absolute Gasteiger partial charge is 0.298 e. The molecule has 0 spiro atoms. The van der Waals surface area contributed by atoms with Crippen LogP contribution in [0.25, 0.3) is 0 Å². The van der Waals surface area contributed by atoms with Crippen LogP contribution in [-0.4, -0.2) is 11.3 Å². The Morgan fingerprint density at radius 3 is 2.54 bits per heavy atom. The number of carbonyl (C=O) groups is 1. The van der Waals surface area contributed by atoms with E-state index < -0.39 is 12.1 Å². The lowest BCUT2D eigenvalue weighted by molar-refractivity contribution is 0.112. The zero-order valence-corrected chi connectivity index (χ0v) is 7.61. The van der Waals surface area contributed by atoms with Gasteiger partial charge < -0.3 is 0 Å². The molecule has 0 unspecified atom stereocenters. The molecule has 0 radical (unpaired) electrons. The maximum Gasteiger partial charge on any atom is 0.281 e. The third-order valence-electron chi connectivity index (χ3n) is 1.31. The number of carbonyl (C=O) groups excluding carboxylic acids is 1. The van der Waals surface area contributed by atoms with Gasteiger partial charge in [-0.15, -0.1) is 0 Å². The van der Waals surface area contributed by atoms with Gasteiger partial charge in [0.15, 0.2) is 6.29 Å². The highest BCUT2D eigenvalue weighted by Crippen LogP contribution is 2.29. The summed E-state index contributed by atoms with van der Waals surface area (Å²) in [5, 5.41) is -0.531. The van der Waals surface area contributed by atoms with Gasteiger partial charge in [-0.1, -0.05) is 23.2 Å². The second-order valence-corrected chi connectivity index (χ2v) is 2.92. The first-order valence-electron chi connectivity index (χ1n) is 3.15. The quantitative estimate of drug-likeness (QED) is 0.572. The van der Waals surface area contributed by atoms with Crippen LogP contribution >= 0.6 is 23.2 Å². The minimum Gasteiger partial charge on any atom is -0.298 e. The molecule has 0 saturated carbocycles. The Morgan fingerprint density at radius 2 is 2.08 bits per heavy atom. The van der Waals surface area contributed by atoms with Crippen molar-refractivity contribution in [1.82, 2.24) is 4.98 Å². The third kappa shape index (κ3) is 2.14. The van der Waals surface area contributed by atoms with Crippen molar-refractivity contribution in [3.8, 4) is 0 Å². The molecule has 1 aromatic rings. The number of aromatic nitrogens is 1. The van der Waals surface area contributed by atoms with Gasteiger partial charge in [-0.3, -0.25) is 4.79 Å². The van der Waals surface area contributed by atoms with Crippen LogP contribution in [0, 0.1) is 0 Å². The summed E-state index contributed by atoms with van der Waals surface area (Å²) in [5.74, 6) is 0. The molecule has 0 bridgehead atoms. The number of hydrogen-bond donors (Lipinski definition) is 0. The first-order chi connectivity index (χ1) is 6.06. The van der Waals surface area contributed by atoms with Crippen LogP contribution in [0.15, 0.2) is 6.07 Å². The summed E-state index contributed by atoms with van der Waals surface area (Å²) in [4.78, 5) is 13.6. The summed E-state index contributed by atoms with van der Waals surface area (Å²) in [5.41, 5.74) is -0.756. The smallest absolute Gasteiger partial charge is 0.281 e. The molecule has 0 aliphatic rings. The maximum atomic E-state index is 12.2. The van der Waals surface area contributed by atoms with Crippen molar-refractivity contribution in [2.24, 2.45) is 0 Å². The molecule has 0 saturated heterocycles. The molecule has 0 aliphatic heterocycles. The Hall–Kier alpha value is -0.740. The molecular formula is C7H3Cl2F2NO. The molecule has 0 atom stereocenters. The van der Waals surface area contributed by atoms with E-state index in [9.17, 15) is 13.6 Å². The van der Waals surface area contributed by atoms with E-state index in [1.165, 1.54) is 0 Å². The predicted molar refractivity (Wildman–Crippen MR) is 44.6 cm³/mol. The van der Waals surface area contributed by atoms with Crippen molar-refractivity contribution in [3.05, 3.63) is 27.5 Å². The zero-order chi connectivity index (χ0) is 10.0. The van der Waals surface area contributed by atoms with E-state index in [4.69, 9.17) is 23.2 Å². The second-order valence-electron chi connectivity index (χ2n) is 2.15. The van der Waals surface area contributed by atoms with Gasteiger partial charge in [0.25, 0.3) is 6.43 Å². The Balaban J connectivity index is 3.35. The molecule has 1 heterocycles. The lowest BCUT2D eigenvalue weighted by atomic mass is 10.2. The second kappa shape index (κ2) is 3.98. The van der Waals surface area contributed by atoms with Crippen molar-refractivity contribution in [1.29, 1.82) is 0 Å². The highest BCUT2D eigenvalue weighted by molar-refractivity contribution is 6.34. The van der Waals surface area contributed by atoms with Gasteiger partial charge in [0.05, 0.1) is 5.02 Å². The van der Waals surface area contributed by atoms with Crippen molar-refractivity contribution >= 4 is 29.5 Å². The Morgan fingerprint density at radius 1 is 1.46 bits per heavy atom.